The van der Waals surface area contributed by atoms with Gasteiger partial charge in [-0.3, -0.25) is 9.69 Å². The van der Waals surface area contributed by atoms with Crippen LogP contribution in [0.25, 0.3) is 0 Å². The van der Waals surface area contributed by atoms with Gasteiger partial charge in [-0.15, -0.1) is 0 Å². The molecule has 5 heteroatoms. The molecule has 0 radical (unpaired) electrons. The molecule has 0 saturated carbocycles. The highest BCUT2D eigenvalue weighted by Crippen LogP contribution is 2.21. The Balaban J connectivity index is 1.92. The molecular formula is C14H17F2NO2. The average molecular weight is 269 g/mol. The van der Waals surface area contributed by atoms with E-state index in [2.05, 4.69) is 0 Å². The maximum absolute atomic E-state index is 13.5. The van der Waals surface area contributed by atoms with Crippen LogP contribution in [0.1, 0.15) is 18.4 Å². The number of likely N-dealkylation sites (tertiary alicyclic amines) is 1. The van der Waals surface area contributed by atoms with Crippen molar-refractivity contribution in [3.05, 3.63) is 35.4 Å². The van der Waals surface area contributed by atoms with Crippen molar-refractivity contribution in [3.8, 4) is 0 Å². The van der Waals surface area contributed by atoms with Gasteiger partial charge in [0, 0.05) is 12.1 Å². The molecule has 2 rings (SSSR count). The molecule has 0 bridgehead atoms. The predicted octanol–water partition coefficient (Wildman–Crippen LogP) is 2.35. The van der Waals surface area contributed by atoms with E-state index in [1.54, 1.807) is 6.07 Å². The van der Waals surface area contributed by atoms with Crippen molar-refractivity contribution in [1.29, 1.82) is 0 Å². The van der Waals surface area contributed by atoms with Crippen LogP contribution in [-0.2, 0) is 16.1 Å². The van der Waals surface area contributed by atoms with Crippen LogP contribution in [0.3, 0.4) is 0 Å². The number of hydrogen-bond acceptors (Lipinski definition) is 3. The van der Waals surface area contributed by atoms with Crippen LogP contribution in [0.5, 0.6) is 0 Å². The number of rotatable bonds is 3. The van der Waals surface area contributed by atoms with Crippen LogP contribution < -0.4 is 0 Å². The van der Waals surface area contributed by atoms with Gasteiger partial charge < -0.3 is 4.74 Å². The Kier molecular flexibility index (Phi) is 4.47. The van der Waals surface area contributed by atoms with E-state index in [0.717, 1.165) is 6.07 Å². The summed E-state index contributed by atoms with van der Waals surface area (Å²) < 4.78 is 31.3. The fourth-order valence-electron chi connectivity index (χ4n) is 2.40. The molecule has 0 atom stereocenters. The molecule has 1 saturated heterocycles. The van der Waals surface area contributed by atoms with E-state index in [9.17, 15) is 13.6 Å². The maximum atomic E-state index is 13.5. The van der Waals surface area contributed by atoms with Gasteiger partial charge in [0.25, 0.3) is 0 Å². The maximum Gasteiger partial charge on any atom is 0.308 e. The molecule has 104 valence electrons. The Morgan fingerprint density at radius 1 is 1.37 bits per heavy atom. The van der Waals surface area contributed by atoms with Gasteiger partial charge >= 0.3 is 5.97 Å². The average Bonchev–Trinajstić information content (AvgIpc) is 2.44. The smallest absolute Gasteiger partial charge is 0.308 e. The van der Waals surface area contributed by atoms with Gasteiger partial charge in [0.1, 0.15) is 0 Å². The second-order valence-electron chi connectivity index (χ2n) is 4.79. The Bertz CT molecular complexity index is 457. The molecule has 1 aliphatic heterocycles. The summed E-state index contributed by atoms with van der Waals surface area (Å²) in [7, 11) is 1.39. The van der Waals surface area contributed by atoms with Crippen molar-refractivity contribution in [2.24, 2.45) is 5.92 Å². The highest BCUT2D eigenvalue weighted by Gasteiger charge is 2.26. The molecule has 1 aromatic rings. The van der Waals surface area contributed by atoms with Crippen LogP contribution >= 0.6 is 0 Å². The quantitative estimate of drug-likeness (QED) is 0.789. The monoisotopic (exact) mass is 269 g/mol. The first-order valence-electron chi connectivity index (χ1n) is 6.35. The van der Waals surface area contributed by atoms with Crippen LogP contribution in [0.15, 0.2) is 18.2 Å². The minimum atomic E-state index is -0.818. The number of benzene rings is 1. The third-order valence-electron chi connectivity index (χ3n) is 3.55. The van der Waals surface area contributed by atoms with Crippen molar-refractivity contribution in [2.45, 2.75) is 19.4 Å². The van der Waals surface area contributed by atoms with Gasteiger partial charge in [-0.25, -0.2) is 8.78 Å². The van der Waals surface area contributed by atoms with E-state index in [1.807, 2.05) is 4.90 Å². The number of halogens is 2. The summed E-state index contributed by atoms with van der Waals surface area (Å²) in [5.74, 6) is -1.85. The fourth-order valence-corrected chi connectivity index (χ4v) is 2.40. The summed E-state index contributed by atoms with van der Waals surface area (Å²) in [6, 6.07) is 4.21. The van der Waals surface area contributed by atoms with Crippen molar-refractivity contribution in [1.82, 2.24) is 4.90 Å². The first-order valence-corrected chi connectivity index (χ1v) is 6.35. The van der Waals surface area contributed by atoms with Crippen LogP contribution in [0.2, 0.25) is 0 Å². The topological polar surface area (TPSA) is 29.5 Å². The molecule has 0 aliphatic carbocycles. The molecule has 1 aliphatic rings. The van der Waals surface area contributed by atoms with Gasteiger partial charge in [-0.1, -0.05) is 12.1 Å². The lowest BCUT2D eigenvalue weighted by Crippen LogP contribution is -2.36. The minimum Gasteiger partial charge on any atom is -0.469 e. The van der Waals surface area contributed by atoms with Gasteiger partial charge in [-0.2, -0.15) is 0 Å². The third-order valence-corrected chi connectivity index (χ3v) is 3.55. The Morgan fingerprint density at radius 2 is 2.05 bits per heavy atom. The predicted molar refractivity (Wildman–Crippen MR) is 66.4 cm³/mol. The van der Waals surface area contributed by atoms with E-state index in [-0.39, 0.29) is 11.9 Å². The van der Waals surface area contributed by atoms with E-state index in [1.165, 1.54) is 13.2 Å². The summed E-state index contributed by atoms with van der Waals surface area (Å²) >= 11 is 0. The van der Waals surface area contributed by atoms with E-state index >= 15 is 0 Å². The van der Waals surface area contributed by atoms with Gasteiger partial charge in [-0.05, 0) is 32.0 Å². The number of esters is 1. The highest BCUT2D eigenvalue weighted by atomic mass is 19.2. The largest absolute Gasteiger partial charge is 0.469 e. The molecule has 0 spiro atoms. The molecule has 0 unspecified atom stereocenters. The zero-order valence-corrected chi connectivity index (χ0v) is 10.9. The van der Waals surface area contributed by atoms with Crippen molar-refractivity contribution in [2.75, 3.05) is 20.2 Å². The van der Waals surface area contributed by atoms with E-state index in [4.69, 9.17) is 4.74 Å². The number of carbonyl (C=O) groups excluding carboxylic acids is 1. The Labute approximate surface area is 111 Å². The summed E-state index contributed by atoms with van der Waals surface area (Å²) in [4.78, 5) is 13.4. The molecule has 1 heterocycles. The van der Waals surface area contributed by atoms with Crippen molar-refractivity contribution in [3.63, 3.8) is 0 Å². The Hall–Kier alpha value is -1.49. The second kappa shape index (κ2) is 6.10. The SMILES string of the molecule is COC(=O)C1CCN(Cc2cccc(F)c2F)CC1. The lowest BCUT2D eigenvalue weighted by atomic mass is 9.96. The fraction of sp³-hybridized carbons (Fsp3) is 0.500. The summed E-state index contributed by atoms with van der Waals surface area (Å²) in [5.41, 5.74) is 0.358. The molecule has 1 fully saturated rings. The number of ether oxygens (including phenoxy) is 1. The van der Waals surface area contributed by atoms with E-state index < -0.39 is 11.6 Å². The molecule has 0 aromatic heterocycles. The van der Waals surface area contributed by atoms with Crippen molar-refractivity contribution < 1.29 is 18.3 Å². The van der Waals surface area contributed by atoms with Gasteiger partial charge in [0.05, 0.1) is 13.0 Å². The number of piperidine rings is 1. The normalized spacial score (nSPS) is 17.4. The molecule has 1 aromatic carbocycles. The molecule has 0 N–H and O–H groups in total. The molecule has 0 amide bonds. The first kappa shape index (κ1) is 13.9. The number of methoxy groups -OCH3 is 1. The zero-order chi connectivity index (χ0) is 13.8. The van der Waals surface area contributed by atoms with Gasteiger partial charge in [0.2, 0.25) is 0 Å². The molecule has 3 nitrogen and oxygen atoms in total. The summed E-state index contributed by atoms with van der Waals surface area (Å²) in [6.07, 6.45) is 1.40. The summed E-state index contributed by atoms with van der Waals surface area (Å²) in [6.45, 7) is 1.75. The summed E-state index contributed by atoms with van der Waals surface area (Å²) in [5, 5.41) is 0. The van der Waals surface area contributed by atoms with E-state index in [0.29, 0.717) is 38.0 Å². The van der Waals surface area contributed by atoms with Crippen LogP contribution in [0, 0.1) is 17.6 Å². The first-order chi connectivity index (χ1) is 9.11. The van der Waals surface area contributed by atoms with Crippen LogP contribution in [-0.4, -0.2) is 31.1 Å². The molecule has 19 heavy (non-hydrogen) atoms. The third kappa shape index (κ3) is 3.29. The zero-order valence-electron chi connectivity index (χ0n) is 10.9. The number of nitrogens with zero attached hydrogens (tertiary/aromatic N) is 1. The lowest BCUT2D eigenvalue weighted by molar-refractivity contribution is -0.147. The standard InChI is InChI=1S/C14H17F2NO2/c1-19-14(18)10-5-7-17(8-6-10)9-11-3-2-4-12(15)13(11)16/h2-4,10H,5-9H2,1H3. The number of hydrogen-bond donors (Lipinski definition) is 0. The van der Waals surface area contributed by atoms with Crippen LogP contribution in [0.4, 0.5) is 8.78 Å². The lowest BCUT2D eigenvalue weighted by Gasteiger charge is -2.30. The minimum absolute atomic E-state index is 0.0707. The number of carbonyl (C=O) groups is 1. The Morgan fingerprint density at radius 3 is 2.68 bits per heavy atom. The second-order valence-corrected chi connectivity index (χ2v) is 4.79. The molecular weight excluding hydrogens is 252 g/mol. The van der Waals surface area contributed by atoms with Crippen molar-refractivity contribution >= 4 is 5.97 Å². The van der Waals surface area contributed by atoms with Gasteiger partial charge in [0.15, 0.2) is 11.6 Å². The highest BCUT2D eigenvalue weighted by molar-refractivity contribution is 5.72.